The topological polar surface area (TPSA) is 55.6 Å². The van der Waals surface area contributed by atoms with Crippen LogP contribution in [0.3, 0.4) is 0 Å². The highest BCUT2D eigenvalue weighted by Crippen LogP contribution is 2.26. The summed E-state index contributed by atoms with van der Waals surface area (Å²) in [6.07, 6.45) is 3.66. The number of nitrogens with zero attached hydrogens (tertiary/aromatic N) is 4. The van der Waals surface area contributed by atoms with Crippen molar-refractivity contribution in [1.29, 1.82) is 0 Å². The van der Waals surface area contributed by atoms with Gasteiger partial charge in [0.05, 0.1) is 11.6 Å². The van der Waals surface area contributed by atoms with Crippen LogP contribution in [0, 0.1) is 0 Å². The van der Waals surface area contributed by atoms with E-state index in [1.807, 2.05) is 17.8 Å². The van der Waals surface area contributed by atoms with E-state index in [0.717, 1.165) is 18.9 Å². The summed E-state index contributed by atoms with van der Waals surface area (Å²) in [5, 5.41) is 12.4. The molecule has 0 bridgehead atoms. The van der Waals surface area contributed by atoms with Crippen LogP contribution in [0.5, 0.6) is 0 Å². The maximum Gasteiger partial charge on any atom is 0.146 e. The molecule has 0 saturated carbocycles. The number of hydrogen-bond acceptors (Lipinski definition) is 5. The van der Waals surface area contributed by atoms with Crippen molar-refractivity contribution >= 4 is 11.3 Å². The molecule has 98 valence electrons. The molecule has 2 rings (SSSR count). The Morgan fingerprint density at radius 1 is 1.33 bits per heavy atom. The minimum atomic E-state index is 0.131. The van der Waals surface area contributed by atoms with E-state index in [0.29, 0.717) is 0 Å². The zero-order valence-electron chi connectivity index (χ0n) is 11.3. The second-order valence-corrected chi connectivity index (χ2v) is 6.46. The Hall–Kier alpha value is -1.27. The molecule has 1 N–H and O–H groups in total. The molecule has 0 atom stereocenters. The lowest BCUT2D eigenvalue weighted by atomic mass is 9.98. The van der Waals surface area contributed by atoms with Gasteiger partial charge in [-0.2, -0.15) is 0 Å². The zero-order chi connectivity index (χ0) is 13.2. The first-order valence-corrected chi connectivity index (χ1v) is 6.77. The lowest BCUT2D eigenvalue weighted by Gasteiger charge is -2.13. The van der Waals surface area contributed by atoms with E-state index in [-0.39, 0.29) is 5.41 Å². The van der Waals surface area contributed by atoms with Crippen LogP contribution in [0.1, 0.15) is 36.5 Å². The highest BCUT2D eigenvalue weighted by Gasteiger charge is 2.17. The molecule has 0 aromatic carbocycles. The van der Waals surface area contributed by atoms with Gasteiger partial charge in [0.1, 0.15) is 12.2 Å². The van der Waals surface area contributed by atoms with Gasteiger partial charge in [0.15, 0.2) is 0 Å². The molecule has 0 amide bonds. The molecule has 5 nitrogen and oxygen atoms in total. The maximum atomic E-state index is 4.47. The van der Waals surface area contributed by atoms with Gasteiger partial charge in [-0.3, -0.25) is 0 Å². The number of thiazole rings is 1. The van der Waals surface area contributed by atoms with Crippen LogP contribution < -0.4 is 5.32 Å². The molecule has 0 radical (unpaired) electrons. The molecule has 0 saturated heterocycles. The van der Waals surface area contributed by atoms with Gasteiger partial charge in [0.2, 0.25) is 0 Å². The van der Waals surface area contributed by atoms with Crippen LogP contribution in [0.2, 0.25) is 0 Å². The quantitative estimate of drug-likeness (QED) is 0.916. The summed E-state index contributed by atoms with van der Waals surface area (Å²) < 4.78 is 1.92. The number of hydrogen-bond donors (Lipinski definition) is 1. The average molecular weight is 265 g/mol. The summed E-state index contributed by atoms with van der Waals surface area (Å²) in [4.78, 5) is 5.72. The lowest BCUT2D eigenvalue weighted by Crippen LogP contribution is -2.15. The van der Waals surface area contributed by atoms with E-state index in [1.54, 1.807) is 17.7 Å². The standard InChI is InChI=1S/C12H19N5S/c1-12(2,3)11-14-6-9(18-11)5-13-7-10-16-15-8-17(10)4/h6,8,13H,5,7H2,1-4H3. The number of rotatable bonds is 4. The average Bonchev–Trinajstić information content (AvgIpc) is 2.88. The molecule has 0 aliphatic heterocycles. The molecule has 0 unspecified atom stereocenters. The zero-order valence-corrected chi connectivity index (χ0v) is 12.1. The van der Waals surface area contributed by atoms with Crippen molar-refractivity contribution < 1.29 is 0 Å². The van der Waals surface area contributed by atoms with Crippen molar-refractivity contribution in [3.63, 3.8) is 0 Å². The van der Waals surface area contributed by atoms with Crippen LogP contribution in [0.15, 0.2) is 12.5 Å². The van der Waals surface area contributed by atoms with Crippen molar-refractivity contribution in [2.24, 2.45) is 7.05 Å². The Morgan fingerprint density at radius 3 is 2.67 bits per heavy atom. The minimum Gasteiger partial charge on any atom is -0.320 e. The van der Waals surface area contributed by atoms with Crippen molar-refractivity contribution in [1.82, 2.24) is 25.1 Å². The molecule has 6 heteroatoms. The molecule has 0 aliphatic rings. The van der Waals surface area contributed by atoms with Crippen LogP contribution in [-0.4, -0.2) is 19.7 Å². The van der Waals surface area contributed by atoms with Gasteiger partial charge in [-0.05, 0) is 0 Å². The molecule has 0 spiro atoms. The predicted molar refractivity (Wildman–Crippen MR) is 72.4 cm³/mol. The third kappa shape index (κ3) is 3.14. The normalized spacial score (nSPS) is 12.0. The minimum absolute atomic E-state index is 0.131. The SMILES string of the molecule is Cn1cnnc1CNCc1cnc(C(C)(C)C)s1. The third-order valence-electron chi connectivity index (χ3n) is 2.58. The molecule has 2 heterocycles. The molecule has 2 aromatic rings. The Morgan fingerprint density at radius 2 is 2.11 bits per heavy atom. The van der Waals surface area contributed by atoms with Gasteiger partial charge in [0, 0.05) is 30.1 Å². The van der Waals surface area contributed by atoms with Crippen molar-refractivity contribution in [3.8, 4) is 0 Å². The summed E-state index contributed by atoms with van der Waals surface area (Å²) >= 11 is 1.76. The number of aromatic nitrogens is 4. The van der Waals surface area contributed by atoms with E-state index < -0.39 is 0 Å². The Balaban J connectivity index is 1.88. The van der Waals surface area contributed by atoms with Crippen LogP contribution >= 0.6 is 11.3 Å². The number of aryl methyl sites for hydroxylation is 1. The predicted octanol–water partition coefficient (Wildman–Crippen LogP) is 1.86. The Kier molecular flexibility index (Phi) is 3.77. The summed E-state index contributed by atoms with van der Waals surface area (Å²) in [6, 6.07) is 0. The fraction of sp³-hybridized carbons (Fsp3) is 0.583. The first kappa shape index (κ1) is 13.2. The van der Waals surface area contributed by atoms with Gasteiger partial charge in [0.25, 0.3) is 0 Å². The van der Waals surface area contributed by atoms with Gasteiger partial charge in [-0.25, -0.2) is 4.98 Å². The second-order valence-electron chi connectivity index (χ2n) is 5.34. The monoisotopic (exact) mass is 265 g/mol. The summed E-state index contributed by atoms with van der Waals surface area (Å²) in [5.41, 5.74) is 0.131. The third-order valence-corrected chi connectivity index (χ3v) is 4.01. The van der Waals surface area contributed by atoms with E-state index in [9.17, 15) is 0 Å². The molecular weight excluding hydrogens is 246 g/mol. The van der Waals surface area contributed by atoms with E-state index >= 15 is 0 Å². The van der Waals surface area contributed by atoms with Gasteiger partial charge < -0.3 is 9.88 Å². The summed E-state index contributed by atoms with van der Waals surface area (Å²) in [5.74, 6) is 0.940. The van der Waals surface area contributed by atoms with Gasteiger partial charge in [-0.15, -0.1) is 21.5 Å². The number of nitrogens with one attached hydrogen (secondary N) is 1. The summed E-state index contributed by atoms with van der Waals surface area (Å²) in [6.45, 7) is 8.09. The van der Waals surface area contributed by atoms with Gasteiger partial charge in [-0.1, -0.05) is 20.8 Å². The lowest BCUT2D eigenvalue weighted by molar-refractivity contribution is 0.585. The largest absolute Gasteiger partial charge is 0.320 e. The fourth-order valence-electron chi connectivity index (χ4n) is 1.50. The highest BCUT2D eigenvalue weighted by molar-refractivity contribution is 7.11. The molecule has 18 heavy (non-hydrogen) atoms. The molecule has 2 aromatic heterocycles. The first-order chi connectivity index (χ1) is 8.47. The van der Waals surface area contributed by atoms with Crippen LogP contribution in [-0.2, 0) is 25.6 Å². The van der Waals surface area contributed by atoms with E-state index in [1.165, 1.54) is 9.88 Å². The van der Waals surface area contributed by atoms with Crippen molar-refractivity contribution in [2.75, 3.05) is 0 Å². The Bertz CT molecular complexity index is 509. The first-order valence-electron chi connectivity index (χ1n) is 5.95. The van der Waals surface area contributed by atoms with Crippen molar-refractivity contribution in [2.45, 2.75) is 39.3 Å². The van der Waals surface area contributed by atoms with Crippen molar-refractivity contribution in [3.05, 3.63) is 28.2 Å². The Labute approximate surface area is 111 Å². The van der Waals surface area contributed by atoms with Crippen LogP contribution in [0.4, 0.5) is 0 Å². The van der Waals surface area contributed by atoms with E-state index in [4.69, 9.17) is 0 Å². The molecule has 0 aliphatic carbocycles. The van der Waals surface area contributed by atoms with Gasteiger partial charge >= 0.3 is 0 Å². The molecule has 0 fully saturated rings. The fourth-order valence-corrected chi connectivity index (χ4v) is 2.44. The van der Waals surface area contributed by atoms with Crippen LogP contribution in [0.25, 0.3) is 0 Å². The maximum absolute atomic E-state index is 4.47. The van der Waals surface area contributed by atoms with E-state index in [2.05, 4.69) is 41.3 Å². The smallest absolute Gasteiger partial charge is 0.146 e. The summed E-state index contributed by atoms with van der Waals surface area (Å²) in [7, 11) is 1.95. The highest BCUT2D eigenvalue weighted by atomic mass is 32.1. The molecular formula is C12H19N5S. The second kappa shape index (κ2) is 5.16.